The van der Waals surface area contributed by atoms with Crippen molar-refractivity contribution in [2.45, 2.75) is 31.1 Å². The summed E-state index contributed by atoms with van der Waals surface area (Å²) in [4.78, 5) is 1.99. The average Bonchev–Trinajstić information content (AvgIpc) is 2.41. The monoisotopic (exact) mass is 235 g/mol. The Kier molecular flexibility index (Phi) is 3.03. The third kappa shape index (κ3) is 2.50. The molecule has 2 atom stereocenters. The van der Waals surface area contributed by atoms with Crippen molar-refractivity contribution in [2.75, 3.05) is 24.6 Å². The highest BCUT2D eigenvalue weighted by Gasteiger charge is 2.40. The van der Waals surface area contributed by atoms with E-state index in [2.05, 4.69) is 0 Å². The van der Waals surface area contributed by atoms with Gasteiger partial charge in [-0.15, -0.1) is 0 Å². The molecule has 2 unspecified atom stereocenters. The Morgan fingerprint density at radius 3 is 2.13 bits per heavy atom. The molecule has 0 aromatic carbocycles. The molecular formula is C9H17NO4S. The molecule has 0 aliphatic carbocycles. The lowest BCUT2D eigenvalue weighted by molar-refractivity contribution is 0.0282. The van der Waals surface area contributed by atoms with Crippen LogP contribution in [-0.2, 0) is 9.84 Å². The molecule has 0 aromatic rings. The predicted octanol–water partition coefficient (Wildman–Crippen LogP) is -1.40. The van der Waals surface area contributed by atoms with E-state index in [1.54, 1.807) is 0 Å². The van der Waals surface area contributed by atoms with Gasteiger partial charge in [0.25, 0.3) is 0 Å². The zero-order valence-corrected chi connectivity index (χ0v) is 9.36. The van der Waals surface area contributed by atoms with E-state index in [4.69, 9.17) is 0 Å². The van der Waals surface area contributed by atoms with Gasteiger partial charge in [0.15, 0.2) is 9.84 Å². The highest BCUT2D eigenvalue weighted by Crippen LogP contribution is 2.22. The molecule has 2 aliphatic rings. The van der Waals surface area contributed by atoms with Crippen LogP contribution in [0.15, 0.2) is 0 Å². The van der Waals surface area contributed by atoms with E-state index in [1.165, 1.54) is 0 Å². The van der Waals surface area contributed by atoms with Crippen LogP contribution in [-0.4, -0.2) is 66.4 Å². The van der Waals surface area contributed by atoms with Crippen LogP contribution in [0.3, 0.4) is 0 Å². The molecule has 0 spiro atoms. The van der Waals surface area contributed by atoms with Crippen LogP contribution >= 0.6 is 0 Å². The number of aliphatic hydroxyl groups excluding tert-OH is 2. The molecule has 2 heterocycles. The van der Waals surface area contributed by atoms with Gasteiger partial charge in [0, 0.05) is 13.1 Å². The van der Waals surface area contributed by atoms with E-state index >= 15 is 0 Å². The third-order valence-corrected chi connectivity index (χ3v) is 4.96. The molecule has 2 rings (SSSR count). The lowest BCUT2D eigenvalue weighted by Crippen LogP contribution is -2.48. The molecule has 0 saturated carbocycles. The van der Waals surface area contributed by atoms with E-state index < -0.39 is 15.9 Å². The van der Waals surface area contributed by atoms with Crippen molar-refractivity contribution in [1.29, 1.82) is 0 Å². The zero-order chi connectivity index (χ0) is 11.1. The van der Waals surface area contributed by atoms with Gasteiger partial charge in [-0.1, -0.05) is 0 Å². The number of likely N-dealkylation sites (tertiary alicyclic amines) is 1. The van der Waals surface area contributed by atoms with Gasteiger partial charge in [-0.2, -0.15) is 0 Å². The Bertz CT molecular complexity index is 321. The van der Waals surface area contributed by atoms with Gasteiger partial charge in [-0.25, -0.2) is 8.42 Å². The first-order valence-electron chi connectivity index (χ1n) is 5.28. The molecule has 2 saturated heterocycles. The standard InChI is InChI=1S/C9H17NO4S/c11-7-1-3-10(4-2-7)8-5-15(13,14)6-9(8)12/h7-9,11-12H,1-6H2. The van der Waals surface area contributed by atoms with Crippen molar-refractivity contribution in [3.05, 3.63) is 0 Å². The number of aliphatic hydroxyl groups is 2. The number of hydrogen-bond donors (Lipinski definition) is 2. The SMILES string of the molecule is O=S1(=O)CC(O)C(N2CCC(O)CC2)C1. The lowest BCUT2D eigenvalue weighted by Gasteiger charge is -2.34. The average molecular weight is 235 g/mol. The maximum atomic E-state index is 11.3. The fourth-order valence-electron chi connectivity index (χ4n) is 2.38. The predicted molar refractivity (Wildman–Crippen MR) is 55.3 cm³/mol. The molecule has 0 amide bonds. The first-order valence-corrected chi connectivity index (χ1v) is 7.11. The van der Waals surface area contributed by atoms with Crippen LogP contribution in [0.25, 0.3) is 0 Å². The summed E-state index contributed by atoms with van der Waals surface area (Å²) in [6, 6.07) is -0.262. The Balaban J connectivity index is 2.00. The zero-order valence-electron chi connectivity index (χ0n) is 8.54. The molecule has 0 bridgehead atoms. The Morgan fingerprint density at radius 2 is 1.67 bits per heavy atom. The van der Waals surface area contributed by atoms with E-state index in [-0.39, 0.29) is 23.7 Å². The van der Waals surface area contributed by atoms with Crippen LogP contribution in [0.2, 0.25) is 0 Å². The van der Waals surface area contributed by atoms with Gasteiger partial charge >= 0.3 is 0 Å². The lowest BCUT2D eigenvalue weighted by atomic mass is 10.0. The van der Waals surface area contributed by atoms with Gasteiger partial charge in [0.2, 0.25) is 0 Å². The molecule has 2 aliphatic heterocycles. The highest BCUT2D eigenvalue weighted by atomic mass is 32.2. The van der Waals surface area contributed by atoms with Crippen molar-refractivity contribution < 1.29 is 18.6 Å². The van der Waals surface area contributed by atoms with Crippen molar-refractivity contribution in [1.82, 2.24) is 4.90 Å². The van der Waals surface area contributed by atoms with E-state index in [9.17, 15) is 18.6 Å². The number of sulfone groups is 1. The fraction of sp³-hybridized carbons (Fsp3) is 1.00. The maximum Gasteiger partial charge on any atom is 0.154 e. The van der Waals surface area contributed by atoms with Crippen LogP contribution in [0.1, 0.15) is 12.8 Å². The fourth-order valence-corrected chi connectivity index (χ4v) is 4.21. The smallest absolute Gasteiger partial charge is 0.154 e. The van der Waals surface area contributed by atoms with Gasteiger partial charge in [0.1, 0.15) is 0 Å². The van der Waals surface area contributed by atoms with Crippen LogP contribution < -0.4 is 0 Å². The minimum atomic E-state index is -3.06. The van der Waals surface area contributed by atoms with Crippen LogP contribution in [0.4, 0.5) is 0 Å². The van der Waals surface area contributed by atoms with E-state index in [1.807, 2.05) is 4.90 Å². The second-order valence-electron chi connectivity index (χ2n) is 4.48. The molecule has 6 heteroatoms. The molecule has 2 fully saturated rings. The topological polar surface area (TPSA) is 77.8 Å². The molecule has 0 aromatic heterocycles. The van der Waals surface area contributed by atoms with Gasteiger partial charge in [0.05, 0.1) is 29.8 Å². The quantitative estimate of drug-likeness (QED) is 0.584. The minimum absolute atomic E-state index is 0.0598. The summed E-state index contributed by atoms with van der Waals surface area (Å²) in [5.41, 5.74) is 0. The van der Waals surface area contributed by atoms with E-state index in [0.29, 0.717) is 25.9 Å². The van der Waals surface area contributed by atoms with Crippen molar-refractivity contribution in [3.63, 3.8) is 0 Å². The largest absolute Gasteiger partial charge is 0.393 e. The number of rotatable bonds is 1. The molecule has 0 radical (unpaired) electrons. The minimum Gasteiger partial charge on any atom is -0.393 e. The molecule has 15 heavy (non-hydrogen) atoms. The van der Waals surface area contributed by atoms with Crippen LogP contribution in [0, 0.1) is 0 Å². The summed E-state index contributed by atoms with van der Waals surface area (Å²) in [5, 5.41) is 19.0. The molecular weight excluding hydrogens is 218 g/mol. The summed E-state index contributed by atoms with van der Waals surface area (Å²) in [6.07, 6.45) is 0.314. The summed E-state index contributed by atoms with van der Waals surface area (Å²) in [7, 11) is -3.06. The second-order valence-corrected chi connectivity index (χ2v) is 6.63. The maximum absolute atomic E-state index is 11.3. The van der Waals surface area contributed by atoms with Crippen molar-refractivity contribution >= 4 is 9.84 Å². The summed E-state index contributed by atoms with van der Waals surface area (Å²) < 4.78 is 22.6. The molecule has 2 N–H and O–H groups in total. The highest BCUT2D eigenvalue weighted by molar-refractivity contribution is 7.91. The Labute approximate surface area is 89.6 Å². The van der Waals surface area contributed by atoms with Gasteiger partial charge in [-0.3, -0.25) is 4.90 Å². The summed E-state index contributed by atoms with van der Waals surface area (Å²) in [5.74, 6) is -0.0546. The number of nitrogens with zero attached hydrogens (tertiary/aromatic N) is 1. The normalized spacial score (nSPS) is 38.3. The van der Waals surface area contributed by atoms with Crippen molar-refractivity contribution in [3.8, 4) is 0 Å². The second kappa shape index (κ2) is 4.01. The number of piperidine rings is 1. The molecule has 88 valence electrons. The van der Waals surface area contributed by atoms with Crippen LogP contribution in [0.5, 0.6) is 0 Å². The van der Waals surface area contributed by atoms with Crippen molar-refractivity contribution in [2.24, 2.45) is 0 Å². The summed E-state index contributed by atoms with van der Waals surface area (Å²) >= 11 is 0. The molecule has 5 nitrogen and oxygen atoms in total. The summed E-state index contributed by atoms with van der Waals surface area (Å²) in [6.45, 7) is 1.36. The van der Waals surface area contributed by atoms with E-state index in [0.717, 1.165) is 0 Å². The first kappa shape index (κ1) is 11.3. The Hall–Kier alpha value is -0.170. The van der Waals surface area contributed by atoms with Gasteiger partial charge < -0.3 is 10.2 Å². The Morgan fingerprint density at radius 1 is 1.07 bits per heavy atom. The van der Waals surface area contributed by atoms with Gasteiger partial charge in [-0.05, 0) is 12.8 Å². The first-order chi connectivity index (χ1) is 6.98. The number of hydrogen-bond acceptors (Lipinski definition) is 5. The third-order valence-electron chi connectivity index (χ3n) is 3.26.